The maximum absolute atomic E-state index is 10.7. The molecule has 0 saturated heterocycles. The average molecular weight is 196 g/mol. The molecule has 0 aliphatic rings. The van der Waals surface area contributed by atoms with Crippen molar-refractivity contribution in [3.63, 3.8) is 0 Å². The van der Waals surface area contributed by atoms with Crippen LogP contribution in [0.4, 0.5) is 0 Å². The summed E-state index contributed by atoms with van der Waals surface area (Å²) in [5.41, 5.74) is -0.0660. The van der Waals surface area contributed by atoms with E-state index in [2.05, 4.69) is 0 Å². The second kappa shape index (κ2) is 4.39. The third kappa shape index (κ3) is 2.15. The summed E-state index contributed by atoms with van der Waals surface area (Å²) in [5.74, 6) is -1.32. The molecule has 0 aromatic heterocycles. The minimum absolute atomic E-state index is 0. The molecule has 3 nitrogen and oxygen atoms in total. The van der Waals surface area contributed by atoms with Gasteiger partial charge in [-0.3, -0.25) is 0 Å². The molecule has 0 atom stereocenters. The molecule has 0 fully saturated rings. The van der Waals surface area contributed by atoms with E-state index >= 15 is 0 Å². The zero-order valence-corrected chi connectivity index (χ0v) is 8.27. The fourth-order valence-corrected chi connectivity index (χ4v) is 1.40. The molecule has 0 aliphatic heterocycles. The van der Waals surface area contributed by atoms with Gasteiger partial charge in [0.05, 0.1) is 0 Å². The van der Waals surface area contributed by atoms with Crippen LogP contribution in [0.5, 0.6) is 5.75 Å². The van der Waals surface area contributed by atoms with Crippen LogP contribution < -0.4 is 18.9 Å². The predicted molar refractivity (Wildman–Crippen MR) is 53.7 cm³/mol. The Hall–Kier alpha value is -1.43. The largest absolute Gasteiger partial charge is 1.00 e. The smallest absolute Gasteiger partial charge is 1.00 e. The number of rotatable bonds is 1. The predicted octanol–water partition coefficient (Wildman–Crippen LogP) is -0.640. The van der Waals surface area contributed by atoms with Crippen LogP contribution in [-0.2, 0) is 0 Å². The van der Waals surface area contributed by atoms with Crippen molar-refractivity contribution in [2.24, 2.45) is 0 Å². The van der Waals surface area contributed by atoms with E-state index in [0.29, 0.717) is 0 Å². The summed E-state index contributed by atoms with van der Waals surface area (Å²) in [5, 5.41) is 19.8. The van der Waals surface area contributed by atoms with Gasteiger partial charge >= 0.3 is 24.8 Å². The van der Waals surface area contributed by atoms with Gasteiger partial charge in [-0.15, -0.1) is 0 Å². The Labute approximate surface area is 100 Å². The molecule has 0 amide bonds. The molecule has 0 aliphatic carbocycles. The fraction of sp³-hybridized carbons (Fsp3) is 0. The van der Waals surface area contributed by atoms with Crippen LogP contribution in [0, 0.1) is 0 Å². The Balaban J connectivity index is 0.00000112. The van der Waals surface area contributed by atoms with Crippen molar-refractivity contribution in [2.75, 3.05) is 0 Å². The number of benzene rings is 2. The van der Waals surface area contributed by atoms with Gasteiger partial charge in [-0.05, 0) is 22.9 Å². The van der Waals surface area contributed by atoms with E-state index in [-0.39, 0.29) is 31.6 Å². The Kier molecular flexibility index (Phi) is 3.41. The summed E-state index contributed by atoms with van der Waals surface area (Å²) in [7, 11) is 0. The number of carboxylic acid groups (broad SMARTS) is 1. The van der Waals surface area contributed by atoms with Crippen LogP contribution in [0.1, 0.15) is 11.8 Å². The molecule has 2 aromatic rings. The number of hydrogen-bond donors (Lipinski definition) is 2. The van der Waals surface area contributed by atoms with Gasteiger partial charge in [0.2, 0.25) is 0 Å². The molecule has 15 heavy (non-hydrogen) atoms. The summed E-state index contributed by atoms with van der Waals surface area (Å²) in [4.78, 5) is 10.7. The Morgan fingerprint density at radius 3 is 2.20 bits per heavy atom. The molecule has 2 aromatic carbocycles. The normalized spacial score (nSPS) is 9.60. The summed E-state index contributed by atoms with van der Waals surface area (Å²) >= 11 is 0. The zero-order valence-electron chi connectivity index (χ0n) is 9.27. The van der Waals surface area contributed by atoms with Crippen molar-refractivity contribution in [3.05, 3.63) is 42.0 Å². The Morgan fingerprint density at radius 1 is 1.13 bits per heavy atom. The van der Waals surface area contributed by atoms with Crippen molar-refractivity contribution in [1.82, 2.24) is 0 Å². The van der Waals surface area contributed by atoms with Crippen molar-refractivity contribution in [3.8, 4) is 5.75 Å². The second-order valence-corrected chi connectivity index (χ2v) is 3.02. The maximum atomic E-state index is 10.7. The molecule has 0 unspecified atom stereocenters. The van der Waals surface area contributed by atoms with Crippen LogP contribution in [0.15, 0.2) is 36.4 Å². The van der Waals surface area contributed by atoms with Crippen LogP contribution >= 0.6 is 0 Å². The first-order valence-corrected chi connectivity index (χ1v) is 4.13. The molecular weight excluding hydrogens is 187 g/mol. The van der Waals surface area contributed by atoms with Crippen LogP contribution in [0.25, 0.3) is 10.8 Å². The van der Waals surface area contributed by atoms with Gasteiger partial charge in [0, 0.05) is 0 Å². The fourth-order valence-electron chi connectivity index (χ4n) is 1.40. The molecule has 0 radical (unpaired) electrons. The van der Waals surface area contributed by atoms with Gasteiger partial charge < -0.3 is 11.6 Å². The molecule has 0 spiro atoms. The molecular formula is C11H9LiO3. The molecule has 2 rings (SSSR count). The molecule has 72 valence electrons. The van der Waals surface area contributed by atoms with E-state index < -0.39 is 5.97 Å². The second-order valence-electron chi connectivity index (χ2n) is 3.02. The number of aromatic hydroxyl groups is 1. The van der Waals surface area contributed by atoms with Gasteiger partial charge in [-0.2, -0.15) is 0 Å². The van der Waals surface area contributed by atoms with Gasteiger partial charge in [-0.25, -0.2) is 4.79 Å². The van der Waals surface area contributed by atoms with E-state index in [1.54, 1.807) is 6.07 Å². The first-order chi connectivity index (χ1) is 6.68. The van der Waals surface area contributed by atoms with Crippen LogP contribution in [0.3, 0.4) is 0 Å². The number of carbonyl (C=O) groups is 1. The molecule has 0 bridgehead atoms. The monoisotopic (exact) mass is 196 g/mol. The van der Waals surface area contributed by atoms with Crippen molar-refractivity contribution in [2.45, 2.75) is 0 Å². The quantitative estimate of drug-likeness (QED) is 0.596. The average Bonchev–Trinajstić information content (AvgIpc) is 2.16. The minimum atomic E-state index is -1.12. The molecule has 0 heterocycles. The van der Waals surface area contributed by atoms with Gasteiger partial charge in [-0.1, -0.05) is 24.3 Å². The molecule has 4 heteroatoms. The van der Waals surface area contributed by atoms with E-state index in [4.69, 9.17) is 5.11 Å². The Bertz CT molecular complexity index is 514. The first kappa shape index (κ1) is 11.6. The van der Waals surface area contributed by atoms with E-state index in [1.807, 2.05) is 18.2 Å². The van der Waals surface area contributed by atoms with Gasteiger partial charge in [0.15, 0.2) is 0 Å². The summed E-state index contributed by atoms with van der Waals surface area (Å²) < 4.78 is 0. The minimum Gasteiger partial charge on any atom is -1.00 e. The zero-order chi connectivity index (χ0) is 10.1. The van der Waals surface area contributed by atoms with Crippen molar-refractivity contribution >= 4 is 16.7 Å². The van der Waals surface area contributed by atoms with Gasteiger partial charge in [0.25, 0.3) is 0 Å². The standard InChI is InChI=1S/C11H8O3.Li.H/c12-10-6-8-4-2-1-3-7(8)5-9(10)11(13)14;;/h1-6,12H,(H,13,14);;/q;+1;-1. The first-order valence-electron chi connectivity index (χ1n) is 4.13. The van der Waals surface area contributed by atoms with Crippen LogP contribution in [-0.4, -0.2) is 16.2 Å². The maximum Gasteiger partial charge on any atom is 1.00 e. The van der Waals surface area contributed by atoms with Crippen molar-refractivity contribution < 1.29 is 35.3 Å². The number of hydrogen-bond acceptors (Lipinski definition) is 2. The topological polar surface area (TPSA) is 57.5 Å². The Morgan fingerprint density at radius 2 is 1.67 bits per heavy atom. The number of aromatic carboxylic acids is 1. The molecule has 2 N–H and O–H groups in total. The molecule has 0 saturated carbocycles. The number of carboxylic acids is 1. The van der Waals surface area contributed by atoms with Crippen molar-refractivity contribution in [1.29, 1.82) is 0 Å². The third-order valence-electron chi connectivity index (χ3n) is 2.09. The SMILES string of the molecule is O=C(O)c1cc2ccccc2cc1O.[H-].[Li+]. The van der Waals surface area contributed by atoms with Gasteiger partial charge in [0.1, 0.15) is 11.3 Å². The van der Waals surface area contributed by atoms with Crippen LogP contribution in [0.2, 0.25) is 0 Å². The van der Waals surface area contributed by atoms with E-state index in [0.717, 1.165) is 10.8 Å². The summed E-state index contributed by atoms with van der Waals surface area (Å²) in [6.45, 7) is 0. The summed E-state index contributed by atoms with van der Waals surface area (Å²) in [6.07, 6.45) is 0. The number of phenols is 1. The summed E-state index contributed by atoms with van der Waals surface area (Å²) in [6, 6.07) is 10.2. The van der Waals surface area contributed by atoms with E-state index in [9.17, 15) is 9.90 Å². The number of fused-ring (bicyclic) bond motifs is 1. The van der Waals surface area contributed by atoms with E-state index in [1.165, 1.54) is 12.1 Å². The third-order valence-corrected chi connectivity index (χ3v) is 2.09.